The summed E-state index contributed by atoms with van der Waals surface area (Å²) in [5, 5.41) is 32.7. The number of nitrogen functional groups attached to an aromatic ring is 1. The van der Waals surface area contributed by atoms with Gasteiger partial charge in [0.2, 0.25) is 0 Å². The van der Waals surface area contributed by atoms with Crippen molar-refractivity contribution in [1.29, 1.82) is 0 Å². The molecule has 0 amide bonds. The van der Waals surface area contributed by atoms with Gasteiger partial charge in [-0.2, -0.15) is 0 Å². The lowest BCUT2D eigenvalue weighted by Crippen LogP contribution is -2.35. The van der Waals surface area contributed by atoms with Crippen LogP contribution in [0, 0.1) is 3.57 Å². The number of aromatic nitrogens is 3. The highest BCUT2D eigenvalue weighted by Gasteiger charge is 2.47. The number of aliphatic hydroxyl groups is 3. The van der Waals surface area contributed by atoms with Crippen LogP contribution in [0.2, 0.25) is 0 Å². The largest absolute Gasteiger partial charge is 0.387 e. The van der Waals surface area contributed by atoms with Crippen LogP contribution in [-0.2, 0) is 17.6 Å². The number of ether oxygens (including phenoxy) is 1. The summed E-state index contributed by atoms with van der Waals surface area (Å²) in [7, 11) is 0. The van der Waals surface area contributed by atoms with E-state index in [0.717, 1.165) is 16.4 Å². The fourth-order valence-corrected chi connectivity index (χ4v) is 4.84. The lowest BCUT2D eigenvalue weighted by atomic mass is 9.85. The van der Waals surface area contributed by atoms with Crippen molar-refractivity contribution in [1.82, 2.24) is 14.5 Å². The Kier molecular flexibility index (Phi) is 4.32. The molecule has 3 heterocycles. The second-order valence-corrected chi connectivity index (χ2v) is 8.45. The first kappa shape index (κ1) is 18.3. The number of nitrogens with zero attached hydrogens (tertiary/aromatic N) is 3. The molecule has 1 aromatic carbocycles. The number of fused-ring (bicyclic) bond motifs is 2. The number of hydrogen-bond donors (Lipinski definition) is 4. The summed E-state index contributed by atoms with van der Waals surface area (Å²) >= 11 is 2.11. The van der Waals surface area contributed by atoms with Gasteiger partial charge in [-0.1, -0.05) is 18.2 Å². The molecule has 1 saturated heterocycles. The van der Waals surface area contributed by atoms with E-state index in [1.54, 1.807) is 10.8 Å². The third-order valence-corrected chi connectivity index (χ3v) is 6.51. The third kappa shape index (κ3) is 2.65. The first-order chi connectivity index (χ1) is 13.5. The smallest absolute Gasteiger partial charge is 0.164 e. The monoisotopic (exact) mass is 494 g/mol. The van der Waals surface area contributed by atoms with Crippen LogP contribution in [0.1, 0.15) is 29.0 Å². The zero-order valence-corrected chi connectivity index (χ0v) is 16.9. The van der Waals surface area contributed by atoms with Gasteiger partial charge in [0.05, 0.1) is 5.39 Å². The molecule has 0 bridgehead atoms. The highest BCUT2D eigenvalue weighted by atomic mass is 127. The Morgan fingerprint density at radius 2 is 1.96 bits per heavy atom. The molecule has 2 aliphatic rings. The average Bonchev–Trinajstić information content (AvgIpc) is 3.14. The summed E-state index contributed by atoms with van der Waals surface area (Å²) in [4.78, 5) is 8.26. The van der Waals surface area contributed by atoms with E-state index in [-0.39, 0.29) is 0 Å². The number of hydrogen-bond acceptors (Lipinski definition) is 7. The molecule has 0 saturated carbocycles. The van der Waals surface area contributed by atoms with Gasteiger partial charge in [0.25, 0.3) is 0 Å². The molecule has 0 radical (unpaired) electrons. The van der Waals surface area contributed by atoms with Crippen LogP contribution in [0.4, 0.5) is 5.82 Å². The lowest BCUT2D eigenvalue weighted by Gasteiger charge is -2.25. The Morgan fingerprint density at radius 1 is 1.18 bits per heavy atom. The van der Waals surface area contributed by atoms with E-state index >= 15 is 0 Å². The average molecular weight is 494 g/mol. The van der Waals surface area contributed by atoms with Crippen molar-refractivity contribution in [2.75, 3.05) is 5.73 Å². The molecule has 5 N–H and O–H groups in total. The second-order valence-electron chi connectivity index (χ2n) is 7.29. The van der Waals surface area contributed by atoms with E-state index in [1.807, 2.05) is 18.2 Å². The minimum Gasteiger partial charge on any atom is -0.387 e. The van der Waals surface area contributed by atoms with E-state index in [4.69, 9.17) is 10.5 Å². The molecule has 1 aliphatic carbocycles. The van der Waals surface area contributed by atoms with Crippen molar-refractivity contribution in [2.24, 2.45) is 0 Å². The third-order valence-electron chi connectivity index (χ3n) is 5.69. The van der Waals surface area contributed by atoms with Crippen LogP contribution < -0.4 is 5.73 Å². The Balaban J connectivity index is 1.48. The first-order valence-electron chi connectivity index (χ1n) is 9.03. The zero-order chi connectivity index (χ0) is 19.6. The molecule has 3 aromatic rings. The van der Waals surface area contributed by atoms with Gasteiger partial charge in [0, 0.05) is 9.77 Å². The molecule has 0 unspecified atom stereocenters. The van der Waals surface area contributed by atoms with E-state index in [9.17, 15) is 15.3 Å². The van der Waals surface area contributed by atoms with Crippen LogP contribution in [0.25, 0.3) is 11.0 Å². The normalized spacial score (nSPS) is 27.6. The van der Waals surface area contributed by atoms with Gasteiger partial charge in [0.15, 0.2) is 6.23 Å². The van der Waals surface area contributed by atoms with Crippen LogP contribution >= 0.6 is 22.6 Å². The zero-order valence-electron chi connectivity index (χ0n) is 14.7. The number of anilines is 1. The molecule has 0 spiro atoms. The van der Waals surface area contributed by atoms with E-state index in [0.29, 0.717) is 22.4 Å². The van der Waals surface area contributed by atoms with Crippen molar-refractivity contribution in [3.05, 3.63) is 51.0 Å². The van der Waals surface area contributed by atoms with Gasteiger partial charge < -0.3 is 30.4 Å². The maximum atomic E-state index is 10.8. The van der Waals surface area contributed by atoms with Crippen LogP contribution in [0.5, 0.6) is 0 Å². The summed E-state index contributed by atoms with van der Waals surface area (Å²) in [6.45, 7) is 0. The van der Waals surface area contributed by atoms with Gasteiger partial charge >= 0.3 is 0 Å². The molecule has 9 heteroatoms. The second kappa shape index (κ2) is 6.63. The number of benzene rings is 1. The number of nitrogens with two attached hydrogens (primary N) is 1. The van der Waals surface area contributed by atoms with Crippen LogP contribution in [0.3, 0.4) is 0 Å². The van der Waals surface area contributed by atoms with E-state index in [1.165, 1.54) is 17.5 Å². The SMILES string of the molecule is Nc1ncnc2c1c(I)cn2[C@@H]1O[C@H]([C@H](O)c2ccc3c(c2)CC3)[C@@H](O)[C@H]1O. The highest BCUT2D eigenvalue weighted by Crippen LogP contribution is 2.39. The quantitative estimate of drug-likeness (QED) is 0.402. The summed E-state index contributed by atoms with van der Waals surface area (Å²) in [5.74, 6) is 0.333. The van der Waals surface area contributed by atoms with Crippen LogP contribution in [-0.4, -0.2) is 48.2 Å². The molecular weight excluding hydrogens is 475 g/mol. The predicted molar refractivity (Wildman–Crippen MR) is 109 cm³/mol. The minimum absolute atomic E-state index is 0.333. The van der Waals surface area contributed by atoms with Gasteiger partial charge in [-0.3, -0.25) is 0 Å². The number of aliphatic hydroxyl groups excluding tert-OH is 3. The van der Waals surface area contributed by atoms with Crippen molar-refractivity contribution >= 4 is 39.4 Å². The number of aryl methyl sites for hydroxylation is 2. The maximum absolute atomic E-state index is 10.8. The minimum atomic E-state index is -1.25. The highest BCUT2D eigenvalue weighted by molar-refractivity contribution is 14.1. The molecule has 146 valence electrons. The molecule has 5 rings (SSSR count). The summed E-state index contributed by atoms with van der Waals surface area (Å²) in [6.07, 6.45) is -0.263. The van der Waals surface area contributed by atoms with Crippen molar-refractivity contribution in [3.63, 3.8) is 0 Å². The molecule has 5 atom stereocenters. The number of rotatable bonds is 3. The fourth-order valence-electron chi connectivity index (χ4n) is 4.02. The molecule has 8 nitrogen and oxygen atoms in total. The van der Waals surface area contributed by atoms with Gasteiger partial charge in [-0.25, -0.2) is 9.97 Å². The molecular formula is C19H19IN4O4. The van der Waals surface area contributed by atoms with E-state index < -0.39 is 30.6 Å². The molecule has 28 heavy (non-hydrogen) atoms. The number of halogens is 1. The predicted octanol–water partition coefficient (Wildman–Crippen LogP) is 1.07. The molecule has 2 aromatic heterocycles. The summed E-state index contributed by atoms with van der Waals surface area (Å²) in [5.41, 5.74) is 9.62. The van der Waals surface area contributed by atoms with Gasteiger partial charge in [-0.15, -0.1) is 0 Å². The van der Waals surface area contributed by atoms with Crippen molar-refractivity contribution < 1.29 is 20.1 Å². The van der Waals surface area contributed by atoms with Gasteiger partial charge in [0.1, 0.15) is 42.2 Å². The van der Waals surface area contributed by atoms with E-state index in [2.05, 4.69) is 32.6 Å². The van der Waals surface area contributed by atoms with Crippen LogP contribution in [0.15, 0.2) is 30.7 Å². The standard InChI is InChI=1S/C19H19IN4O4/c20-11-6-24(18-12(11)17(21)22-7-23-18)19-15(27)14(26)16(28-19)13(25)10-4-2-8-1-3-9(8)5-10/h2,4-7,13-16,19,25-27H,1,3H2,(H2,21,22,23)/t13-,14+,15-,16-,19-/m1/s1. The Bertz CT molecular complexity index is 1070. The fraction of sp³-hybridized carbons (Fsp3) is 0.368. The molecule has 1 aliphatic heterocycles. The summed E-state index contributed by atoms with van der Waals surface area (Å²) < 4.78 is 8.39. The molecule has 1 fully saturated rings. The summed E-state index contributed by atoms with van der Waals surface area (Å²) in [6, 6.07) is 5.79. The first-order valence-corrected chi connectivity index (χ1v) is 10.1. The van der Waals surface area contributed by atoms with Crippen molar-refractivity contribution in [3.8, 4) is 0 Å². The Hall–Kier alpha value is -1.79. The Morgan fingerprint density at radius 3 is 2.68 bits per heavy atom. The topological polar surface area (TPSA) is 127 Å². The Labute approximate surface area is 174 Å². The van der Waals surface area contributed by atoms with Gasteiger partial charge in [-0.05, 0) is 52.1 Å². The lowest BCUT2D eigenvalue weighted by molar-refractivity contribution is -0.0848. The van der Waals surface area contributed by atoms with Crippen molar-refractivity contribution in [2.45, 2.75) is 43.5 Å². The maximum Gasteiger partial charge on any atom is 0.164 e.